The highest BCUT2D eigenvalue weighted by molar-refractivity contribution is 7.92. The van der Waals surface area contributed by atoms with Crippen molar-refractivity contribution >= 4 is 33.1 Å². The second kappa shape index (κ2) is 7.52. The van der Waals surface area contributed by atoms with Gasteiger partial charge in [-0.05, 0) is 36.8 Å². The maximum Gasteiger partial charge on any atom is 0.261 e. The van der Waals surface area contributed by atoms with Crippen LogP contribution in [0.2, 0.25) is 5.02 Å². The van der Waals surface area contributed by atoms with Crippen molar-refractivity contribution in [2.75, 3.05) is 23.7 Å². The Morgan fingerprint density at radius 1 is 1.26 bits per heavy atom. The fourth-order valence-electron chi connectivity index (χ4n) is 1.84. The minimum Gasteiger partial charge on any atom is -0.495 e. The average Bonchev–Trinajstić information content (AvgIpc) is 2.54. The van der Waals surface area contributed by atoms with Gasteiger partial charge in [-0.25, -0.2) is 13.4 Å². The number of nitrogens with zero attached hydrogens (tertiary/aromatic N) is 1. The molecule has 1 heterocycles. The first-order valence-electron chi connectivity index (χ1n) is 7.02. The Hall–Kier alpha value is -1.99. The van der Waals surface area contributed by atoms with Crippen LogP contribution in [-0.4, -0.2) is 27.1 Å². The number of sulfonamides is 1. The molecule has 0 atom stereocenters. The van der Waals surface area contributed by atoms with Gasteiger partial charge in [0.05, 0.1) is 28.9 Å². The Labute approximate surface area is 140 Å². The number of methoxy groups -OCH3 is 1. The van der Waals surface area contributed by atoms with Crippen LogP contribution in [0.5, 0.6) is 5.75 Å². The summed E-state index contributed by atoms with van der Waals surface area (Å²) in [6.07, 6.45) is 2.44. The molecule has 2 aromatic rings. The monoisotopic (exact) mass is 355 g/mol. The van der Waals surface area contributed by atoms with Crippen LogP contribution in [-0.2, 0) is 10.0 Å². The lowest BCUT2D eigenvalue weighted by molar-refractivity contribution is 0.414. The number of benzene rings is 1. The van der Waals surface area contributed by atoms with Crippen LogP contribution in [0, 0.1) is 0 Å². The molecule has 0 aliphatic heterocycles. The number of halogens is 1. The normalized spacial score (nSPS) is 11.1. The van der Waals surface area contributed by atoms with Gasteiger partial charge in [-0.15, -0.1) is 0 Å². The molecule has 2 rings (SSSR count). The summed E-state index contributed by atoms with van der Waals surface area (Å²) in [6.45, 7) is 2.86. The number of pyridine rings is 1. The number of hydrogen-bond donors (Lipinski definition) is 2. The summed E-state index contributed by atoms with van der Waals surface area (Å²) < 4.78 is 32.2. The smallest absolute Gasteiger partial charge is 0.261 e. The molecule has 1 aromatic heterocycles. The van der Waals surface area contributed by atoms with Gasteiger partial charge in [0.25, 0.3) is 10.0 Å². The Kier molecular flexibility index (Phi) is 5.68. The molecule has 124 valence electrons. The predicted octanol–water partition coefficient (Wildman–Crippen LogP) is 3.37. The zero-order valence-electron chi connectivity index (χ0n) is 12.8. The fraction of sp³-hybridized carbons (Fsp3) is 0.267. The van der Waals surface area contributed by atoms with Gasteiger partial charge in [0.2, 0.25) is 0 Å². The zero-order chi connectivity index (χ0) is 16.9. The molecule has 0 saturated carbocycles. The van der Waals surface area contributed by atoms with E-state index in [1.807, 2.05) is 0 Å². The Morgan fingerprint density at radius 3 is 2.61 bits per heavy atom. The third-order valence-corrected chi connectivity index (χ3v) is 4.68. The third-order valence-electron chi connectivity index (χ3n) is 3.01. The number of ether oxygens (including phenoxy) is 1. The Bertz CT molecular complexity index is 764. The van der Waals surface area contributed by atoms with E-state index in [-0.39, 0.29) is 9.92 Å². The molecular weight excluding hydrogens is 338 g/mol. The highest BCUT2D eigenvalue weighted by Crippen LogP contribution is 2.27. The molecule has 6 nitrogen and oxygen atoms in total. The fourth-order valence-corrected chi connectivity index (χ4v) is 3.23. The van der Waals surface area contributed by atoms with Crippen LogP contribution in [0.3, 0.4) is 0 Å². The van der Waals surface area contributed by atoms with Gasteiger partial charge in [-0.3, -0.25) is 4.72 Å². The third kappa shape index (κ3) is 4.49. The summed E-state index contributed by atoms with van der Waals surface area (Å²) in [5, 5.41) is 3.35. The first-order chi connectivity index (χ1) is 11.0. The van der Waals surface area contributed by atoms with E-state index in [1.54, 1.807) is 12.1 Å². The lowest BCUT2D eigenvalue weighted by atomic mass is 10.3. The maximum atomic E-state index is 12.4. The molecule has 0 radical (unpaired) electrons. The molecule has 2 N–H and O–H groups in total. The molecule has 0 fully saturated rings. The number of hydrogen-bond acceptors (Lipinski definition) is 5. The van der Waals surface area contributed by atoms with Gasteiger partial charge in [-0.2, -0.15) is 0 Å². The first kappa shape index (κ1) is 17.4. The molecule has 0 amide bonds. The van der Waals surface area contributed by atoms with E-state index >= 15 is 0 Å². The van der Waals surface area contributed by atoms with E-state index in [0.29, 0.717) is 17.3 Å². The van der Waals surface area contributed by atoms with Crippen molar-refractivity contribution in [2.45, 2.75) is 18.2 Å². The first-order valence-corrected chi connectivity index (χ1v) is 8.88. The van der Waals surface area contributed by atoms with Gasteiger partial charge in [0, 0.05) is 6.54 Å². The van der Waals surface area contributed by atoms with Gasteiger partial charge < -0.3 is 10.1 Å². The number of anilines is 2. The standard InChI is InChI=1S/C15H18ClN3O3S/c1-3-8-17-15-7-4-11(10-18-15)19-23(20,21)12-5-6-14(22-2)13(16)9-12/h4-7,9-10,19H,3,8H2,1-2H3,(H,17,18). The summed E-state index contributed by atoms with van der Waals surface area (Å²) in [5.41, 5.74) is 0.374. The van der Waals surface area contributed by atoms with Crippen LogP contribution < -0.4 is 14.8 Å². The second-order valence-corrected chi connectivity index (χ2v) is 6.85. The quantitative estimate of drug-likeness (QED) is 0.796. The molecule has 0 aliphatic carbocycles. The molecule has 1 aromatic carbocycles. The van der Waals surface area contributed by atoms with Crippen LogP contribution >= 0.6 is 11.6 Å². The van der Waals surface area contributed by atoms with Crippen molar-refractivity contribution in [2.24, 2.45) is 0 Å². The van der Waals surface area contributed by atoms with Gasteiger partial charge >= 0.3 is 0 Å². The van der Waals surface area contributed by atoms with Crippen molar-refractivity contribution in [3.05, 3.63) is 41.6 Å². The van der Waals surface area contributed by atoms with Gasteiger partial charge in [-0.1, -0.05) is 18.5 Å². The van der Waals surface area contributed by atoms with Crippen molar-refractivity contribution in [1.82, 2.24) is 4.98 Å². The number of aromatic nitrogens is 1. The SMILES string of the molecule is CCCNc1ccc(NS(=O)(=O)c2ccc(OC)c(Cl)c2)cn1. The lowest BCUT2D eigenvalue weighted by Gasteiger charge is -2.10. The van der Waals surface area contributed by atoms with Crippen molar-refractivity contribution in [3.8, 4) is 5.75 Å². The molecule has 0 spiro atoms. The number of rotatable bonds is 7. The van der Waals surface area contributed by atoms with Crippen molar-refractivity contribution in [1.29, 1.82) is 0 Å². The Morgan fingerprint density at radius 2 is 2.04 bits per heavy atom. The maximum absolute atomic E-state index is 12.4. The van der Waals surface area contributed by atoms with Crippen LogP contribution in [0.15, 0.2) is 41.4 Å². The minimum absolute atomic E-state index is 0.0523. The molecule has 0 unspecified atom stereocenters. The summed E-state index contributed by atoms with van der Waals surface area (Å²) >= 11 is 5.97. The molecule has 8 heteroatoms. The van der Waals surface area contributed by atoms with E-state index in [9.17, 15) is 8.42 Å². The summed E-state index contributed by atoms with van der Waals surface area (Å²) in [4.78, 5) is 4.21. The second-order valence-electron chi connectivity index (χ2n) is 4.76. The summed E-state index contributed by atoms with van der Waals surface area (Å²) in [6, 6.07) is 7.64. The highest BCUT2D eigenvalue weighted by Gasteiger charge is 2.16. The number of nitrogens with one attached hydrogen (secondary N) is 2. The van der Waals surface area contributed by atoms with E-state index in [4.69, 9.17) is 16.3 Å². The lowest BCUT2D eigenvalue weighted by Crippen LogP contribution is -2.13. The van der Waals surface area contributed by atoms with Crippen LogP contribution in [0.4, 0.5) is 11.5 Å². The predicted molar refractivity (Wildman–Crippen MR) is 91.8 cm³/mol. The molecule has 0 bridgehead atoms. The molecule has 0 saturated heterocycles. The zero-order valence-corrected chi connectivity index (χ0v) is 14.4. The summed E-state index contributed by atoms with van der Waals surface area (Å²) in [7, 11) is -2.28. The van der Waals surface area contributed by atoms with E-state index < -0.39 is 10.0 Å². The van der Waals surface area contributed by atoms with E-state index in [0.717, 1.165) is 13.0 Å². The largest absolute Gasteiger partial charge is 0.495 e. The highest BCUT2D eigenvalue weighted by atomic mass is 35.5. The van der Waals surface area contributed by atoms with Crippen molar-refractivity contribution in [3.63, 3.8) is 0 Å². The van der Waals surface area contributed by atoms with E-state index in [1.165, 1.54) is 31.5 Å². The van der Waals surface area contributed by atoms with Gasteiger partial charge in [0.1, 0.15) is 11.6 Å². The van der Waals surface area contributed by atoms with E-state index in [2.05, 4.69) is 21.9 Å². The van der Waals surface area contributed by atoms with Crippen LogP contribution in [0.1, 0.15) is 13.3 Å². The Balaban J connectivity index is 2.16. The average molecular weight is 356 g/mol. The molecule has 23 heavy (non-hydrogen) atoms. The van der Waals surface area contributed by atoms with Gasteiger partial charge in [0.15, 0.2) is 0 Å². The molecule has 0 aliphatic rings. The van der Waals surface area contributed by atoms with Crippen molar-refractivity contribution < 1.29 is 13.2 Å². The topological polar surface area (TPSA) is 80.3 Å². The minimum atomic E-state index is -3.74. The summed E-state index contributed by atoms with van der Waals surface area (Å²) in [5.74, 6) is 1.11. The van der Waals surface area contributed by atoms with Crippen LogP contribution in [0.25, 0.3) is 0 Å². The molecular formula is C15H18ClN3O3S.